The molecule has 3 heteroatoms. The Morgan fingerprint density at radius 2 is 0.737 bits per heavy atom. The van der Waals surface area contributed by atoms with E-state index in [2.05, 4.69) is 13.8 Å². The minimum atomic E-state index is 0. The van der Waals surface area contributed by atoms with E-state index in [-0.39, 0.29) is 37.7 Å². The van der Waals surface area contributed by atoms with Crippen LogP contribution in [0.2, 0.25) is 0 Å². The van der Waals surface area contributed by atoms with E-state index >= 15 is 0 Å². The normalized spacial score (nSPS) is 9.47. The minimum absolute atomic E-state index is 0. The molecule has 0 aromatic rings. The third kappa shape index (κ3) is 32.6. The van der Waals surface area contributed by atoms with Crippen LogP contribution in [0.1, 0.15) is 90.9 Å². The molecule has 0 amide bonds. The van der Waals surface area contributed by atoms with Gasteiger partial charge in [0, 0.05) is 0 Å². The molecular weight excluding hydrogens is 260 g/mol. The summed E-state index contributed by atoms with van der Waals surface area (Å²) in [6.07, 6.45) is 15.5. The number of nitrogens with one attached hydrogen (secondary N) is 2. The van der Waals surface area contributed by atoms with Crippen LogP contribution in [0.4, 0.5) is 0 Å². The van der Waals surface area contributed by atoms with Gasteiger partial charge in [0.15, 0.2) is 0 Å². The van der Waals surface area contributed by atoms with Crippen LogP contribution in [0, 0.1) is 0 Å². The van der Waals surface area contributed by atoms with Crippen molar-refractivity contribution in [2.24, 2.45) is 0 Å². The third-order valence-electron chi connectivity index (χ3n) is 3.06. The van der Waals surface area contributed by atoms with Gasteiger partial charge in [-0.25, -0.2) is 0 Å². The Balaban J connectivity index is -0.000000256. The second kappa shape index (κ2) is 27.5. The number of hydrogen-bond donors (Lipinski definition) is 0. The predicted molar refractivity (Wildman–Crippen MR) is 90.9 cm³/mol. The minimum Gasteiger partial charge on any atom is -0.677 e. The van der Waals surface area contributed by atoms with E-state index in [0.29, 0.717) is 13.1 Å². The topological polar surface area (TPSA) is 47.6 Å². The van der Waals surface area contributed by atoms with Crippen LogP contribution < -0.4 is 0 Å². The molecule has 2 N–H and O–H groups in total. The van der Waals surface area contributed by atoms with Gasteiger partial charge in [-0.3, -0.25) is 0 Å². The largest absolute Gasteiger partial charge is 2.00 e. The van der Waals surface area contributed by atoms with E-state index in [0.717, 1.165) is 12.8 Å². The molecule has 112 valence electrons. The zero-order valence-electron chi connectivity index (χ0n) is 13.6. The molecular formula is C16H36CaN2. The fourth-order valence-corrected chi connectivity index (χ4v) is 1.81. The second-order valence-electron chi connectivity index (χ2n) is 5.04. The van der Waals surface area contributed by atoms with E-state index in [1.807, 2.05) is 0 Å². The van der Waals surface area contributed by atoms with Crippen molar-refractivity contribution in [3.8, 4) is 0 Å². The van der Waals surface area contributed by atoms with Crippen LogP contribution in [-0.2, 0) is 0 Å². The summed E-state index contributed by atoms with van der Waals surface area (Å²) in [6, 6.07) is 0. The summed E-state index contributed by atoms with van der Waals surface area (Å²) in [4.78, 5) is 0. The first-order chi connectivity index (χ1) is 8.83. The predicted octanol–water partition coefficient (Wildman–Crippen LogP) is 6.42. The maximum atomic E-state index is 6.88. The molecule has 0 aliphatic rings. The Bertz CT molecular complexity index is 95.3. The first-order valence-corrected chi connectivity index (χ1v) is 8.12. The molecule has 0 aromatic heterocycles. The molecule has 0 fully saturated rings. The van der Waals surface area contributed by atoms with Crippen molar-refractivity contribution in [2.75, 3.05) is 13.1 Å². The van der Waals surface area contributed by atoms with Crippen LogP contribution >= 0.6 is 0 Å². The maximum absolute atomic E-state index is 6.88. The smallest absolute Gasteiger partial charge is 0.677 e. The van der Waals surface area contributed by atoms with Crippen LogP contribution in [0.5, 0.6) is 0 Å². The van der Waals surface area contributed by atoms with Gasteiger partial charge in [-0.1, -0.05) is 90.9 Å². The summed E-state index contributed by atoms with van der Waals surface area (Å²) in [5, 5.41) is 0. The molecule has 0 spiro atoms. The number of unbranched alkanes of at least 4 members (excludes halogenated alkanes) is 10. The summed E-state index contributed by atoms with van der Waals surface area (Å²) >= 11 is 0. The molecule has 0 aliphatic carbocycles. The van der Waals surface area contributed by atoms with E-state index in [9.17, 15) is 0 Å². The number of hydrogen-bond acceptors (Lipinski definition) is 0. The quantitative estimate of drug-likeness (QED) is 0.295. The fourth-order valence-electron chi connectivity index (χ4n) is 1.81. The molecule has 0 aliphatic heterocycles. The van der Waals surface area contributed by atoms with Gasteiger partial charge >= 0.3 is 37.7 Å². The average Bonchev–Trinajstić information content (AvgIpc) is 2.39. The SMILES string of the molecule is CCCCCCCC[NH-].CCCCCCCC[NH-].[Ca+2]. The van der Waals surface area contributed by atoms with Crippen LogP contribution in [0.3, 0.4) is 0 Å². The zero-order valence-corrected chi connectivity index (χ0v) is 15.8. The van der Waals surface area contributed by atoms with Crippen molar-refractivity contribution < 1.29 is 0 Å². The van der Waals surface area contributed by atoms with Gasteiger partial charge in [0.1, 0.15) is 0 Å². The molecule has 0 unspecified atom stereocenters. The summed E-state index contributed by atoms with van der Waals surface area (Å²) in [7, 11) is 0. The third-order valence-corrected chi connectivity index (χ3v) is 3.06. The molecule has 0 radical (unpaired) electrons. The van der Waals surface area contributed by atoms with Crippen LogP contribution in [0.25, 0.3) is 11.5 Å². The Morgan fingerprint density at radius 3 is 1.00 bits per heavy atom. The fraction of sp³-hybridized carbons (Fsp3) is 1.00. The molecule has 19 heavy (non-hydrogen) atoms. The second-order valence-corrected chi connectivity index (χ2v) is 5.04. The van der Waals surface area contributed by atoms with E-state index in [1.165, 1.54) is 64.2 Å². The Hall–Kier alpha value is 1.18. The van der Waals surface area contributed by atoms with Crippen molar-refractivity contribution in [3.05, 3.63) is 11.5 Å². The van der Waals surface area contributed by atoms with Crippen molar-refractivity contribution in [3.63, 3.8) is 0 Å². The molecule has 0 heterocycles. The first kappa shape index (κ1) is 25.2. The van der Waals surface area contributed by atoms with Crippen molar-refractivity contribution in [2.45, 2.75) is 90.9 Å². The first-order valence-electron chi connectivity index (χ1n) is 8.12. The summed E-state index contributed by atoms with van der Waals surface area (Å²) in [5.74, 6) is 0. The van der Waals surface area contributed by atoms with Crippen molar-refractivity contribution in [1.29, 1.82) is 0 Å². The Morgan fingerprint density at radius 1 is 0.474 bits per heavy atom. The van der Waals surface area contributed by atoms with Gasteiger partial charge in [-0.2, -0.15) is 13.1 Å². The van der Waals surface area contributed by atoms with Crippen LogP contribution in [0.15, 0.2) is 0 Å². The van der Waals surface area contributed by atoms with Gasteiger partial charge in [0.25, 0.3) is 0 Å². The van der Waals surface area contributed by atoms with E-state index in [1.54, 1.807) is 0 Å². The molecule has 0 rings (SSSR count). The zero-order chi connectivity index (χ0) is 13.9. The Labute approximate surface area is 152 Å². The molecule has 0 aromatic carbocycles. The van der Waals surface area contributed by atoms with Gasteiger partial charge in [0.2, 0.25) is 0 Å². The van der Waals surface area contributed by atoms with E-state index in [4.69, 9.17) is 11.5 Å². The molecule has 0 bridgehead atoms. The molecule has 0 saturated carbocycles. The molecule has 2 nitrogen and oxygen atoms in total. The van der Waals surface area contributed by atoms with Gasteiger partial charge in [-0.15, -0.1) is 0 Å². The van der Waals surface area contributed by atoms with Crippen molar-refractivity contribution >= 4 is 37.7 Å². The average molecular weight is 297 g/mol. The van der Waals surface area contributed by atoms with E-state index < -0.39 is 0 Å². The van der Waals surface area contributed by atoms with Gasteiger partial charge < -0.3 is 11.5 Å². The summed E-state index contributed by atoms with van der Waals surface area (Å²) < 4.78 is 0. The maximum Gasteiger partial charge on any atom is 2.00 e. The Kier molecular flexibility index (Phi) is 36.4. The standard InChI is InChI=1S/2C8H18N.Ca/c2*1-2-3-4-5-6-7-8-9;/h2*9H,2-8H2,1H3;/q2*-1;+2. The number of rotatable bonds is 12. The van der Waals surface area contributed by atoms with Gasteiger partial charge in [0.05, 0.1) is 0 Å². The summed E-state index contributed by atoms with van der Waals surface area (Å²) in [5.41, 5.74) is 13.8. The van der Waals surface area contributed by atoms with Crippen LogP contribution in [-0.4, -0.2) is 50.8 Å². The monoisotopic (exact) mass is 296 g/mol. The van der Waals surface area contributed by atoms with Gasteiger partial charge in [-0.05, 0) is 0 Å². The molecule has 0 atom stereocenters. The summed E-state index contributed by atoms with van der Waals surface area (Å²) in [6.45, 7) is 5.69. The molecule has 0 saturated heterocycles. The van der Waals surface area contributed by atoms with Crippen molar-refractivity contribution in [1.82, 2.24) is 0 Å².